The highest BCUT2D eigenvalue weighted by atomic mass is 35.7. The average molecular weight is 333 g/mol. The minimum atomic E-state index is -4.94. The summed E-state index contributed by atoms with van der Waals surface area (Å²) in [6.07, 6.45) is 19.2. The van der Waals surface area contributed by atoms with Crippen LogP contribution in [-0.4, -0.2) is 41.9 Å². The van der Waals surface area contributed by atoms with E-state index in [9.17, 15) is 0 Å². The van der Waals surface area contributed by atoms with E-state index in [4.69, 9.17) is 18.6 Å². The first-order valence-corrected chi connectivity index (χ1v) is 8.97. The van der Waals surface area contributed by atoms with Crippen LogP contribution in [0, 0.1) is 10.2 Å². The first-order valence-electron chi connectivity index (χ1n) is 7.73. The van der Waals surface area contributed by atoms with Crippen LogP contribution in [0.1, 0.15) is 38.5 Å². The molecule has 2 saturated heterocycles. The van der Waals surface area contributed by atoms with Crippen molar-refractivity contribution < 1.29 is 33.5 Å². The number of halogens is 1. The summed E-state index contributed by atoms with van der Waals surface area (Å²) in [4.78, 5) is 2.43. The van der Waals surface area contributed by atoms with Crippen molar-refractivity contribution in [1.82, 2.24) is 4.90 Å². The molecule has 0 aromatic heterocycles. The highest BCUT2D eigenvalue weighted by molar-refractivity contribution is 5.66. The molecule has 2 heterocycles. The molecule has 0 aliphatic carbocycles. The summed E-state index contributed by atoms with van der Waals surface area (Å²) in [7, 11) is -4.94. The van der Waals surface area contributed by atoms with E-state index < -0.39 is 10.2 Å². The van der Waals surface area contributed by atoms with Gasteiger partial charge in [-0.05, 0) is 38.0 Å². The Balaban J connectivity index is 0.000000422. The summed E-state index contributed by atoms with van der Waals surface area (Å²) >= 11 is 0. The van der Waals surface area contributed by atoms with Crippen LogP contribution >= 0.6 is 0 Å². The molecule has 2 aliphatic heterocycles. The number of rotatable bonds is 3. The normalized spacial score (nSPS) is 20.2. The molecular weight excluding hydrogens is 308 g/mol. The van der Waals surface area contributed by atoms with Crippen molar-refractivity contribution in [3.8, 4) is 0 Å². The number of allylic oxidation sites excluding steroid dienone is 3. The van der Waals surface area contributed by atoms with Gasteiger partial charge in [-0.2, -0.15) is 0 Å². The standard InChI is InChI=1S/C15H25N2.ClHO4/c1-4-10-16(11-5-1)14-8-3-9-15-17-12-6-2-7-13-17;2-1(3,4)5/h3,8-9,14-15H,1-2,4-7,10-13H2;(H,2,3,4,5)/q+1;/p-1. The van der Waals surface area contributed by atoms with Crippen LogP contribution in [0.2, 0.25) is 0 Å². The molecule has 2 fully saturated rings. The van der Waals surface area contributed by atoms with Gasteiger partial charge < -0.3 is 4.90 Å². The smallest absolute Gasteiger partial charge is 0.163 e. The molecule has 0 bridgehead atoms. The van der Waals surface area contributed by atoms with E-state index in [1.807, 2.05) is 0 Å². The Kier molecular flexibility index (Phi) is 9.34. The zero-order chi connectivity index (χ0) is 16.3. The summed E-state index contributed by atoms with van der Waals surface area (Å²) in [5, 5.41) is 0. The van der Waals surface area contributed by atoms with Gasteiger partial charge in [-0.1, -0.05) is 6.08 Å². The number of hydrogen-bond donors (Lipinski definition) is 0. The van der Waals surface area contributed by atoms with Gasteiger partial charge in [0.25, 0.3) is 0 Å². The molecule has 0 atom stereocenters. The fraction of sp³-hybridized carbons (Fsp3) is 0.667. The van der Waals surface area contributed by atoms with Gasteiger partial charge in [0.2, 0.25) is 0 Å². The van der Waals surface area contributed by atoms with Crippen molar-refractivity contribution in [2.75, 3.05) is 26.2 Å². The number of piperidine rings is 2. The van der Waals surface area contributed by atoms with Gasteiger partial charge in [0.05, 0.1) is 0 Å². The molecule has 6 nitrogen and oxygen atoms in total. The third kappa shape index (κ3) is 11.7. The second-order valence-electron chi connectivity index (χ2n) is 5.45. The molecule has 22 heavy (non-hydrogen) atoms. The Morgan fingerprint density at radius 1 is 0.727 bits per heavy atom. The van der Waals surface area contributed by atoms with E-state index in [1.165, 1.54) is 64.7 Å². The lowest BCUT2D eigenvalue weighted by Crippen LogP contribution is -2.68. The van der Waals surface area contributed by atoms with Crippen LogP contribution in [0.25, 0.3) is 0 Å². The third-order valence-electron chi connectivity index (χ3n) is 3.60. The summed E-state index contributed by atoms with van der Waals surface area (Å²) in [6, 6.07) is 0. The molecular formula is C15H25ClN2O4. The van der Waals surface area contributed by atoms with Crippen molar-refractivity contribution in [2.24, 2.45) is 0 Å². The second-order valence-corrected chi connectivity index (χ2v) is 6.20. The number of nitrogens with zero attached hydrogens (tertiary/aromatic N) is 2. The van der Waals surface area contributed by atoms with Crippen LogP contribution in [0.5, 0.6) is 0 Å². The van der Waals surface area contributed by atoms with E-state index in [1.54, 1.807) is 0 Å². The van der Waals surface area contributed by atoms with Crippen molar-refractivity contribution >= 4 is 6.21 Å². The molecule has 0 aromatic rings. The van der Waals surface area contributed by atoms with E-state index in [-0.39, 0.29) is 0 Å². The molecule has 7 heteroatoms. The predicted octanol–water partition coefficient (Wildman–Crippen LogP) is -1.95. The maximum atomic E-state index is 8.49. The first-order chi connectivity index (χ1) is 10.4. The minimum absolute atomic E-state index is 1.24. The minimum Gasteiger partial charge on any atom is -0.377 e. The summed E-state index contributed by atoms with van der Waals surface area (Å²) in [6.45, 7) is 4.95. The maximum Gasteiger partial charge on any atom is 0.163 e. The van der Waals surface area contributed by atoms with Crippen LogP contribution in [0.4, 0.5) is 0 Å². The predicted molar refractivity (Wildman–Crippen MR) is 73.6 cm³/mol. The fourth-order valence-corrected chi connectivity index (χ4v) is 2.54. The van der Waals surface area contributed by atoms with Gasteiger partial charge in [-0.15, -0.1) is 10.2 Å². The Bertz CT molecular complexity index is 371. The quantitative estimate of drug-likeness (QED) is 0.442. The molecule has 0 radical (unpaired) electrons. The SMILES string of the molecule is C(=CC=[N+]1CCCCC1)C=CN1CCCCC1.[O-][Cl+3]([O-])([O-])[O-]. The lowest BCUT2D eigenvalue weighted by atomic mass is 10.1. The molecule has 2 aliphatic rings. The second kappa shape index (κ2) is 10.7. The summed E-state index contributed by atoms with van der Waals surface area (Å²) in [5.74, 6) is 0. The third-order valence-corrected chi connectivity index (χ3v) is 3.60. The zero-order valence-corrected chi connectivity index (χ0v) is 13.6. The van der Waals surface area contributed by atoms with Crippen LogP contribution in [0.15, 0.2) is 24.4 Å². The molecule has 2 rings (SSSR count). The van der Waals surface area contributed by atoms with Crippen LogP contribution in [-0.2, 0) is 0 Å². The molecule has 0 N–H and O–H groups in total. The van der Waals surface area contributed by atoms with Gasteiger partial charge in [-0.3, -0.25) is 0 Å². The molecule has 0 saturated carbocycles. The lowest BCUT2D eigenvalue weighted by molar-refractivity contribution is -2.00. The lowest BCUT2D eigenvalue weighted by Gasteiger charge is -2.24. The Morgan fingerprint density at radius 3 is 1.86 bits per heavy atom. The van der Waals surface area contributed by atoms with Gasteiger partial charge in [0.1, 0.15) is 13.1 Å². The van der Waals surface area contributed by atoms with E-state index in [0.29, 0.717) is 0 Å². The van der Waals surface area contributed by atoms with Gasteiger partial charge in [-0.25, -0.2) is 23.2 Å². The topological polar surface area (TPSA) is 98.5 Å². The van der Waals surface area contributed by atoms with E-state index in [2.05, 4.69) is 40.1 Å². The van der Waals surface area contributed by atoms with Crippen LogP contribution < -0.4 is 18.6 Å². The average Bonchev–Trinajstić information content (AvgIpc) is 2.47. The van der Waals surface area contributed by atoms with Crippen molar-refractivity contribution in [1.29, 1.82) is 0 Å². The molecule has 0 aromatic carbocycles. The zero-order valence-electron chi connectivity index (χ0n) is 12.9. The summed E-state index contributed by atoms with van der Waals surface area (Å²) < 4.78 is 36.4. The molecule has 0 spiro atoms. The molecule has 0 unspecified atom stereocenters. The molecule has 126 valence electrons. The highest BCUT2D eigenvalue weighted by Gasteiger charge is 2.08. The maximum absolute atomic E-state index is 8.49. The fourth-order valence-electron chi connectivity index (χ4n) is 2.54. The number of hydrogen-bond acceptors (Lipinski definition) is 5. The van der Waals surface area contributed by atoms with Crippen molar-refractivity contribution in [3.63, 3.8) is 0 Å². The highest BCUT2D eigenvalue weighted by Crippen LogP contribution is 2.08. The van der Waals surface area contributed by atoms with Crippen molar-refractivity contribution in [2.45, 2.75) is 38.5 Å². The Morgan fingerprint density at radius 2 is 1.27 bits per heavy atom. The Labute approximate surface area is 134 Å². The van der Waals surface area contributed by atoms with E-state index >= 15 is 0 Å². The van der Waals surface area contributed by atoms with Crippen LogP contribution in [0.3, 0.4) is 0 Å². The summed E-state index contributed by atoms with van der Waals surface area (Å²) in [5.41, 5.74) is 0. The monoisotopic (exact) mass is 332 g/mol. The van der Waals surface area contributed by atoms with Crippen molar-refractivity contribution in [3.05, 3.63) is 24.4 Å². The first kappa shape index (κ1) is 19.1. The van der Waals surface area contributed by atoms with Gasteiger partial charge in [0.15, 0.2) is 6.21 Å². The molecule has 0 amide bonds. The van der Waals surface area contributed by atoms with E-state index in [0.717, 1.165) is 0 Å². The largest absolute Gasteiger partial charge is 0.377 e. The van der Waals surface area contributed by atoms with Gasteiger partial charge >= 0.3 is 0 Å². The number of likely N-dealkylation sites (tertiary alicyclic amines) is 1. The van der Waals surface area contributed by atoms with Gasteiger partial charge in [0, 0.05) is 32.0 Å². The Hall–Kier alpha value is -0.920.